The minimum Gasteiger partial charge on any atom is -0.506 e. The molecule has 1 aromatic heterocycles. The third-order valence-corrected chi connectivity index (χ3v) is 15.2. The molecule has 2 atom stereocenters. The smallest absolute Gasteiger partial charge is 0.347 e. The number of piperidine rings is 3. The molecule has 3 saturated heterocycles. The molecule has 2 amide bonds. The molecule has 9 rings (SSSR count). The molecule has 382 valence electrons. The summed E-state index contributed by atoms with van der Waals surface area (Å²) in [6, 6.07) is 37.3. The number of H-pyrrole nitrogens is 1. The number of aliphatic hydroxyl groups excluding tert-OH is 1. The number of aliphatic hydroxyl groups is 2. The number of hydrogen-bond acceptors (Lipinski definition) is 12. The van der Waals surface area contributed by atoms with Gasteiger partial charge in [-0.2, -0.15) is 0 Å². The lowest BCUT2D eigenvalue weighted by Gasteiger charge is -2.46. The number of phenolic OH excluding ortho intramolecular Hbond substituents is 1. The number of carbonyl (C=O) groups is 3. The van der Waals surface area contributed by atoms with E-state index >= 15 is 0 Å². The molecule has 0 saturated carbocycles. The zero-order chi connectivity index (χ0) is 51.0. The fourth-order valence-electron chi connectivity index (χ4n) is 10.7. The van der Waals surface area contributed by atoms with Crippen LogP contribution in [0.5, 0.6) is 17.2 Å². The molecule has 0 radical (unpaired) electrons. The first-order valence-electron chi connectivity index (χ1n) is 25.3. The molecule has 4 heterocycles. The molecule has 3 aliphatic heterocycles. The first-order chi connectivity index (χ1) is 35.4. The Hall–Kier alpha value is -7.04. The van der Waals surface area contributed by atoms with Gasteiger partial charge in [0.2, 0.25) is 11.2 Å². The zero-order valence-corrected chi connectivity index (χ0v) is 41.3. The van der Waals surface area contributed by atoms with E-state index in [2.05, 4.69) is 39.5 Å². The van der Waals surface area contributed by atoms with Gasteiger partial charge in [0.25, 0.3) is 11.8 Å². The van der Waals surface area contributed by atoms with Gasteiger partial charge in [-0.15, -0.1) is 0 Å². The predicted molar refractivity (Wildman–Crippen MR) is 276 cm³/mol. The van der Waals surface area contributed by atoms with Gasteiger partial charge in [-0.25, -0.2) is 4.79 Å². The summed E-state index contributed by atoms with van der Waals surface area (Å²) in [6.07, 6.45) is 4.14. The van der Waals surface area contributed by atoms with Crippen LogP contribution in [0.25, 0.3) is 10.9 Å². The summed E-state index contributed by atoms with van der Waals surface area (Å²) < 4.78 is 17.7. The molecule has 15 nitrogen and oxygen atoms in total. The second-order valence-corrected chi connectivity index (χ2v) is 19.8. The Balaban J connectivity index is 0.733. The summed E-state index contributed by atoms with van der Waals surface area (Å²) in [7, 11) is 1.54. The zero-order valence-electron chi connectivity index (χ0n) is 41.3. The van der Waals surface area contributed by atoms with Crippen LogP contribution in [0.3, 0.4) is 0 Å². The number of fused-ring (bicyclic) bond motifs is 1. The molecule has 15 heteroatoms. The van der Waals surface area contributed by atoms with Crippen LogP contribution >= 0.6 is 0 Å². The number of ether oxygens (including phenoxy) is 3. The molecule has 0 bridgehead atoms. The van der Waals surface area contributed by atoms with Crippen molar-refractivity contribution < 1.29 is 43.9 Å². The van der Waals surface area contributed by atoms with Gasteiger partial charge in [0.15, 0.2) is 6.61 Å². The fraction of sp³-hybridized carbons (Fsp3) is 0.379. The van der Waals surface area contributed by atoms with Crippen molar-refractivity contribution in [2.45, 2.75) is 63.3 Å². The normalized spacial score (nSPS) is 17.5. The Labute approximate surface area is 425 Å². The molecule has 0 unspecified atom stereocenters. The van der Waals surface area contributed by atoms with Gasteiger partial charge < -0.3 is 49.6 Å². The van der Waals surface area contributed by atoms with E-state index in [0.29, 0.717) is 66.3 Å². The molecule has 73 heavy (non-hydrogen) atoms. The van der Waals surface area contributed by atoms with Gasteiger partial charge in [0, 0.05) is 62.8 Å². The van der Waals surface area contributed by atoms with E-state index in [-0.39, 0.29) is 65.3 Å². The summed E-state index contributed by atoms with van der Waals surface area (Å²) >= 11 is 0. The lowest BCUT2D eigenvalue weighted by atomic mass is 9.71. The van der Waals surface area contributed by atoms with Crippen LogP contribution in [0.4, 0.5) is 0 Å². The van der Waals surface area contributed by atoms with Crippen molar-refractivity contribution in [3.05, 3.63) is 171 Å². The molecular weight excluding hydrogens is 927 g/mol. The first-order valence-corrected chi connectivity index (χ1v) is 25.3. The second-order valence-electron chi connectivity index (χ2n) is 19.8. The predicted octanol–water partition coefficient (Wildman–Crippen LogP) is 6.68. The standard InChI is InChI=1S/C58H65N5O10/c1-71-51-33-42(35-59-36-50(65)46-17-19-49(64)54-47(46)18-20-52(66)60-54)15-16-48(51)55(68)63-31-25-57(26-32-63)23-29-62(30-24-57)53(67)39-72-45-14-8-13-44(34-45)58(70,43-11-6-3-7-12-43)56(69)73-38-41-21-27-61(28-22-41)37-40-9-4-2-5-10-40/h2-20,33-34,41,50,59,64-65,70H,21-32,35-39H2,1H3,(H,60,66)/t50-,58-/m0/s1. The second kappa shape index (κ2) is 22.8. The van der Waals surface area contributed by atoms with E-state index in [9.17, 15) is 34.5 Å². The minimum atomic E-state index is -2.10. The number of rotatable bonds is 17. The highest BCUT2D eigenvalue weighted by molar-refractivity contribution is 5.97. The number of pyridine rings is 1. The van der Waals surface area contributed by atoms with Gasteiger partial charge in [-0.1, -0.05) is 84.9 Å². The van der Waals surface area contributed by atoms with E-state index in [1.165, 1.54) is 17.7 Å². The van der Waals surface area contributed by atoms with Crippen LogP contribution in [0.2, 0.25) is 0 Å². The maximum absolute atomic E-state index is 14.0. The van der Waals surface area contributed by atoms with Crippen LogP contribution < -0.4 is 20.3 Å². The number of aromatic nitrogens is 1. The molecule has 0 aliphatic carbocycles. The van der Waals surface area contributed by atoms with Crippen molar-refractivity contribution in [2.24, 2.45) is 11.3 Å². The fourth-order valence-corrected chi connectivity index (χ4v) is 10.7. The number of methoxy groups -OCH3 is 1. The summed E-state index contributed by atoms with van der Waals surface area (Å²) in [6.45, 7) is 5.63. The number of aromatic hydroxyl groups is 1. The summed E-state index contributed by atoms with van der Waals surface area (Å²) in [5.74, 6) is -0.0776. The van der Waals surface area contributed by atoms with Crippen molar-refractivity contribution in [1.29, 1.82) is 0 Å². The summed E-state index contributed by atoms with van der Waals surface area (Å²) in [5, 5.41) is 37.3. The Bertz CT molecular complexity index is 2920. The third-order valence-electron chi connectivity index (χ3n) is 15.2. The molecule has 3 fully saturated rings. The molecule has 6 aromatic rings. The molecule has 5 aromatic carbocycles. The van der Waals surface area contributed by atoms with E-state index in [1.807, 2.05) is 34.1 Å². The van der Waals surface area contributed by atoms with E-state index in [0.717, 1.165) is 63.7 Å². The Morgan fingerprint density at radius 1 is 0.781 bits per heavy atom. The maximum atomic E-state index is 14.0. The highest BCUT2D eigenvalue weighted by atomic mass is 16.6. The first kappa shape index (κ1) is 50.9. The van der Waals surface area contributed by atoms with Crippen molar-refractivity contribution in [2.75, 3.05) is 66.1 Å². The summed E-state index contributed by atoms with van der Waals surface area (Å²) in [4.78, 5) is 62.0. The van der Waals surface area contributed by atoms with Gasteiger partial charge in [-0.3, -0.25) is 19.3 Å². The van der Waals surface area contributed by atoms with Gasteiger partial charge in [0.05, 0.1) is 30.9 Å². The Morgan fingerprint density at radius 3 is 2.18 bits per heavy atom. The van der Waals surface area contributed by atoms with Crippen LogP contribution in [-0.2, 0) is 33.0 Å². The SMILES string of the molecule is COc1cc(CNC[C@H](O)c2ccc(O)c3[nH]c(=O)ccc23)ccc1C(=O)N1CCC2(CCN(C(=O)COc3cccc([C@](O)(C(=O)OCC4CCN(Cc5ccccc5)CC4)c4ccccc4)c3)CC2)CC1. The lowest BCUT2D eigenvalue weighted by molar-refractivity contribution is -0.164. The number of phenols is 1. The average molecular weight is 992 g/mol. The highest BCUT2D eigenvalue weighted by Crippen LogP contribution is 2.42. The number of benzene rings is 5. The number of amides is 2. The van der Waals surface area contributed by atoms with Gasteiger partial charge >= 0.3 is 5.97 Å². The number of carbonyl (C=O) groups excluding carboxylic acids is 3. The average Bonchev–Trinajstić information content (AvgIpc) is 3.43. The number of nitrogens with zero attached hydrogens (tertiary/aromatic N) is 3. The number of likely N-dealkylation sites (tertiary alicyclic amines) is 3. The maximum Gasteiger partial charge on any atom is 0.347 e. The summed E-state index contributed by atoms with van der Waals surface area (Å²) in [5.41, 5.74) is 1.69. The topological polar surface area (TPSA) is 194 Å². The van der Waals surface area contributed by atoms with Gasteiger partial charge in [-0.05, 0) is 122 Å². The van der Waals surface area contributed by atoms with Crippen LogP contribution in [0.1, 0.15) is 82.8 Å². The molecule has 1 spiro atoms. The van der Waals surface area contributed by atoms with E-state index < -0.39 is 17.7 Å². The van der Waals surface area contributed by atoms with E-state index in [4.69, 9.17) is 14.2 Å². The molecular formula is C58H65N5O10. The minimum absolute atomic E-state index is 0.0206. The van der Waals surface area contributed by atoms with Crippen molar-refractivity contribution in [3.8, 4) is 17.2 Å². The van der Waals surface area contributed by atoms with Crippen LogP contribution in [-0.4, -0.2) is 119 Å². The largest absolute Gasteiger partial charge is 0.506 e. The lowest BCUT2D eigenvalue weighted by Crippen LogP contribution is -2.50. The number of nitrogens with one attached hydrogen (secondary N) is 2. The third kappa shape index (κ3) is 11.8. The quantitative estimate of drug-likeness (QED) is 0.0610. The number of aromatic amines is 1. The Kier molecular flexibility index (Phi) is 15.9. The van der Waals surface area contributed by atoms with E-state index in [1.54, 1.807) is 73.8 Å². The van der Waals surface area contributed by atoms with Gasteiger partial charge in [0.1, 0.15) is 17.2 Å². The van der Waals surface area contributed by atoms with Crippen LogP contribution in [0.15, 0.2) is 132 Å². The molecule has 3 aliphatic rings. The Morgan fingerprint density at radius 2 is 1.47 bits per heavy atom. The molecule has 5 N–H and O–H groups in total. The van der Waals surface area contributed by atoms with Crippen LogP contribution in [0, 0.1) is 11.3 Å². The monoisotopic (exact) mass is 991 g/mol. The number of hydrogen-bond donors (Lipinski definition) is 5. The van der Waals surface area contributed by atoms with Crippen molar-refractivity contribution in [3.63, 3.8) is 0 Å². The number of esters is 1. The van der Waals surface area contributed by atoms with Crippen molar-refractivity contribution in [1.82, 2.24) is 25.0 Å². The highest BCUT2D eigenvalue weighted by Gasteiger charge is 2.43. The van der Waals surface area contributed by atoms with Crippen molar-refractivity contribution >= 4 is 28.7 Å².